The zero-order chi connectivity index (χ0) is 13.9. The van der Waals surface area contributed by atoms with Crippen LogP contribution in [0.2, 0.25) is 5.15 Å². The van der Waals surface area contributed by atoms with E-state index in [4.69, 9.17) is 11.6 Å². The van der Waals surface area contributed by atoms with Crippen LogP contribution in [0.1, 0.15) is 36.8 Å². The van der Waals surface area contributed by atoms with E-state index in [0.29, 0.717) is 5.15 Å². The van der Waals surface area contributed by atoms with Gasteiger partial charge in [-0.2, -0.15) is 0 Å². The number of likely N-dealkylation sites (tertiary alicyclic amines) is 1. The first-order chi connectivity index (χ1) is 9.74. The second-order valence-corrected chi connectivity index (χ2v) is 6.15. The molecule has 0 radical (unpaired) electrons. The van der Waals surface area contributed by atoms with Gasteiger partial charge in [0.2, 0.25) is 0 Å². The highest BCUT2D eigenvalue weighted by Crippen LogP contribution is 2.25. The predicted molar refractivity (Wildman–Crippen MR) is 85.2 cm³/mol. The zero-order valence-electron chi connectivity index (χ0n) is 12.0. The van der Waals surface area contributed by atoms with E-state index in [1.807, 2.05) is 6.07 Å². The molecule has 0 bridgehead atoms. The van der Waals surface area contributed by atoms with Gasteiger partial charge in [0.05, 0.1) is 5.52 Å². The summed E-state index contributed by atoms with van der Waals surface area (Å²) in [5.41, 5.74) is 3.55. The summed E-state index contributed by atoms with van der Waals surface area (Å²) in [6.45, 7) is 5.49. The van der Waals surface area contributed by atoms with Crippen molar-refractivity contribution >= 4 is 22.5 Å². The van der Waals surface area contributed by atoms with Gasteiger partial charge in [-0.1, -0.05) is 42.6 Å². The smallest absolute Gasteiger partial charge is 0.130 e. The average molecular weight is 289 g/mol. The second kappa shape index (κ2) is 6.11. The standard InChI is InChI=1S/C17H21ClN2/c1-13-7-6-8-15-14(11-16(18)19-17(13)15)12-20-9-4-2-3-5-10-20/h6-8,11H,2-5,9-10,12H2,1H3. The number of aryl methyl sites for hydroxylation is 1. The summed E-state index contributed by atoms with van der Waals surface area (Å²) in [5.74, 6) is 0. The van der Waals surface area contributed by atoms with Gasteiger partial charge in [0, 0.05) is 11.9 Å². The number of para-hydroxylation sites is 1. The Morgan fingerprint density at radius 1 is 1.15 bits per heavy atom. The van der Waals surface area contributed by atoms with Crippen molar-refractivity contribution in [1.82, 2.24) is 9.88 Å². The highest BCUT2D eigenvalue weighted by molar-refractivity contribution is 6.30. The number of hydrogen-bond donors (Lipinski definition) is 0. The van der Waals surface area contributed by atoms with Gasteiger partial charge in [0.1, 0.15) is 5.15 Å². The molecule has 0 aliphatic carbocycles. The molecule has 1 aromatic heterocycles. The molecular formula is C17H21ClN2. The first-order valence-electron chi connectivity index (χ1n) is 7.51. The van der Waals surface area contributed by atoms with Crippen molar-refractivity contribution in [2.24, 2.45) is 0 Å². The number of rotatable bonds is 2. The number of aromatic nitrogens is 1. The molecule has 1 saturated heterocycles. The lowest BCUT2D eigenvalue weighted by Gasteiger charge is -2.21. The summed E-state index contributed by atoms with van der Waals surface area (Å²) < 4.78 is 0. The molecule has 1 aromatic carbocycles. The molecule has 0 atom stereocenters. The molecule has 2 aromatic rings. The van der Waals surface area contributed by atoms with Gasteiger partial charge < -0.3 is 0 Å². The van der Waals surface area contributed by atoms with Crippen LogP contribution in [0, 0.1) is 6.92 Å². The van der Waals surface area contributed by atoms with Crippen molar-refractivity contribution < 1.29 is 0 Å². The van der Waals surface area contributed by atoms with Crippen LogP contribution in [-0.4, -0.2) is 23.0 Å². The molecule has 20 heavy (non-hydrogen) atoms. The monoisotopic (exact) mass is 288 g/mol. The summed E-state index contributed by atoms with van der Waals surface area (Å²) in [6, 6.07) is 8.41. The lowest BCUT2D eigenvalue weighted by atomic mass is 10.1. The van der Waals surface area contributed by atoms with Gasteiger partial charge in [0.25, 0.3) is 0 Å². The highest BCUT2D eigenvalue weighted by Gasteiger charge is 2.13. The minimum Gasteiger partial charge on any atom is -0.299 e. The molecule has 0 spiro atoms. The predicted octanol–water partition coefficient (Wildman–Crippen LogP) is 4.57. The van der Waals surface area contributed by atoms with Crippen molar-refractivity contribution in [3.05, 3.63) is 40.5 Å². The minimum absolute atomic E-state index is 0.608. The van der Waals surface area contributed by atoms with Crippen LogP contribution in [0.5, 0.6) is 0 Å². The Balaban J connectivity index is 1.95. The van der Waals surface area contributed by atoms with Crippen LogP contribution >= 0.6 is 11.6 Å². The van der Waals surface area contributed by atoms with E-state index < -0.39 is 0 Å². The summed E-state index contributed by atoms with van der Waals surface area (Å²) in [7, 11) is 0. The van der Waals surface area contributed by atoms with E-state index in [9.17, 15) is 0 Å². The van der Waals surface area contributed by atoms with Crippen molar-refractivity contribution in [2.45, 2.75) is 39.2 Å². The number of pyridine rings is 1. The Morgan fingerprint density at radius 3 is 2.65 bits per heavy atom. The molecule has 0 N–H and O–H groups in total. The molecule has 2 heterocycles. The number of hydrogen-bond acceptors (Lipinski definition) is 2. The van der Waals surface area contributed by atoms with Gasteiger partial charge >= 0.3 is 0 Å². The van der Waals surface area contributed by atoms with E-state index in [2.05, 4.69) is 35.0 Å². The van der Waals surface area contributed by atoms with Crippen molar-refractivity contribution in [2.75, 3.05) is 13.1 Å². The number of benzene rings is 1. The molecular weight excluding hydrogens is 268 g/mol. The van der Waals surface area contributed by atoms with Gasteiger partial charge in [-0.3, -0.25) is 4.90 Å². The summed E-state index contributed by atoms with van der Waals surface area (Å²) in [6.07, 6.45) is 5.37. The van der Waals surface area contributed by atoms with Gasteiger partial charge in [-0.05, 0) is 50.0 Å². The topological polar surface area (TPSA) is 16.1 Å². The van der Waals surface area contributed by atoms with E-state index >= 15 is 0 Å². The Labute approximate surface area is 125 Å². The number of nitrogens with zero attached hydrogens (tertiary/aromatic N) is 2. The Hall–Kier alpha value is -1.12. The summed E-state index contributed by atoms with van der Waals surface area (Å²) >= 11 is 6.22. The van der Waals surface area contributed by atoms with Gasteiger partial charge in [0.15, 0.2) is 0 Å². The first-order valence-corrected chi connectivity index (χ1v) is 7.89. The zero-order valence-corrected chi connectivity index (χ0v) is 12.8. The van der Waals surface area contributed by atoms with Crippen molar-refractivity contribution in [1.29, 1.82) is 0 Å². The lowest BCUT2D eigenvalue weighted by Crippen LogP contribution is -2.24. The number of fused-ring (bicyclic) bond motifs is 1. The fourth-order valence-electron chi connectivity index (χ4n) is 3.09. The van der Waals surface area contributed by atoms with E-state index in [-0.39, 0.29) is 0 Å². The summed E-state index contributed by atoms with van der Waals surface area (Å²) in [5, 5.41) is 1.86. The first kappa shape index (κ1) is 13.8. The Morgan fingerprint density at radius 2 is 1.90 bits per heavy atom. The normalized spacial score (nSPS) is 17.3. The molecule has 1 aliphatic rings. The molecule has 3 rings (SSSR count). The quantitative estimate of drug-likeness (QED) is 0.752. The molecule has 0 unspecified atom stereocenters. The third-order valence-electron chi connectivity index (χ3n) is 4.19. The minimum atomic E-state index is 0.608. The number of halogens is 1. The maximum absolute atomic E-state index is 6.22. The molecule has 0 amide bonds. The van der Waals surface area contributed by atoms with Gasteiger partial charge in [-0.25, -0.2) is 4.98 Å². The van der Waals surface area contributed by atoms with Crippen molar-refractivity contribution in [3.63, 3.8) is 0 Å². The molecule has 0 saturated carbocycles. The van der Waals surface area contributed by atoms with Gasteiger partial charge in [-0.15, -0.1) is 0 Å². The van der Waals surface area contributed by atoms with E-state index in [1.165, 1.54) is 55.3 Å². The van der Waals surface area contributed by atoms with Crippen LogP contribution in [0.4, 0.5) is 0 Å². The molecule has 1 aliphatic heterocycles. The Bertz CT molecular complexity index is 601. The lowest BCUT2D eigenvalue weighted by molar-refractivity contribution is 0.278. The molecule has 106 valence electrons. The van der Waals surface area contributed by atoms with E-state index in [1.54, 1.807) is 0 Å². The van der Waals surface area contributed by atoms with Crippen LogP contribution in [0.15, 0.2) is 24.3 Å². The average Bonchev–Trinajstić information content (AvgIpc) is 2.69. The highest BCUT2D eigenvalue weighted by atomic mass is 35.5. The fourth-order valence-corrected chi connectivity index (χ4v) is 3.31. The summed E-state index contributed by atoms with van der Waals surface area (Å²) in [4.78, 5) is 7.05. The maximum Gasteiger partial charge on any atom is 0.130 e. The van der Waals surface area contributed by atoms with Crippen LogP contribution in [0.25, 0.3) is 10.9 Å². The second-order valence-electron chi connectivity index (χ2n) is 5.77. The van der Waals surface area contributed by atoms with Crippen LogP contribution in [0.3, 0.4) is 0 Å². The Kier molecular flexibility index (Phi) is 4.23. The largest absolute Gasteiger partial charge is 0.299 e. The molecule has 3 heteroatoms. The SMILES string of the molecule is Cc1cccc2c(CN3CCCCCC3)cc(Cl)nc12. The molecule has 2 nitrogen and oxygen atoms in total. The maximum atomic E-state index is 6.22. The van der Waals surface area contributed by atoms with Crippen LogP contribution < -0.4 is 0 Å². The third-order valence-corrected chi connectivity index (χ3v) is 4.38. The third kappa shape index (κ3) is 2.97. The van der Waals surface area contributed by atoms with E-state index in [0.717, 1.165) is 12.1 Å². The fraction of sp³-hybridized carbons (Fsp3) is 0.471. The van der Waals surface area contributed by atoms with Crippen molar-refractivity contribution in [3.8, 4) is 0 Å². The van der Waals surface area contributed by atoms with Crippen LogP contribution in [-0.2, 0) is 6.54 Å². The molecule has 1 fully saturated rings.